The Morgan fingerprint density at radius 3 is 2.68 bits per heavy atom. The molecule has 0 saturated carbocycles. The number of hydrogen-bond acceptors (Lipinski definition) is 5. The first-order valence-electron chi connectivity index (χ1n) is 5.65. The molecule has 1 heterocycles. The highest BCUT2D eigenvalue weighted by Crippen LogP contribution is 2.41. The van der Waals surface area contributed by atoms with Gasteiger partial charge < -0.3 is 14.9 Å². The summed E-state index contributed by atoms with van der Waals surface area (Å²) in [6.45, 7) is 0. The number of aromatic nitrogens is 1. The molecule has 96 valence electrons. The lowest BCUT2D eigenvalue weighted by Crippen LogP contribution is -1.85. The molecule has 19 heavy (non-hydrogen) atoms. The van der Waals surface area contributed by atoms with Crippen LogP contribution in [0, 0.1) is 0 Å². The van der Waals surface area contributed by atoms with E-state index in [9.17, 15) is 10.2 Å². The topological polar surface area (TPSA) is 62.6 Å². The van der Waals surface area contributed by atoms with Gasteiger partial charge in [0.2, 0.25) is 5.75 Å². The molecule has 3 aromatic rings. The van der Waals surface area contributed by atoms with Gasteiger partial charge in [-0.2, -0.15) is 0 Å². The van der Waals surface area contributed by atoms with Gasteiger partial charge in [-0.15, -0.1) is 11.3 Å². The lowest BCUT2D eigenvalue weighted by atomic mass is 10.2. The minimum Gasteiger partial charge on any atom is -0.504 e. The summed E-state index contributed by atoms with van der Waals surface area (Å²) in [5.74, 6) is -0.241. The Balaban J connectivity index is 2.18. The molecule has 4 nitrogen and oxygen atoms in total. The first kappa shape index (κ1) is 11.8. The highest BCUT2D eigenvalue weighted by Gasteiger charge is 2.13. The van der Waals surface area contributed by atoms with Gasteiger partial charge in [-0.3, -0.25) is 0 Å². The zero-order valence-corrected chi connectivity index (χ0v) is 10.9. The molecular formula is C14H11NO3S. The SMILES string of the molecule is COc1cc(-c2nc3ccccc3s2)cc(O)c1O. The predicted octanol–water partition coefficient (Wildman–Crippen LogP) is 3.38. The molecule has 0 amide bonds. The van der Waals surface area contributed by atoms with Gasteiger partial charge in [0, 0.05) is 5.56 Å². The summed E-state index contributed by atoms with van der Waals surface area (Å²) in [6, 6.07) is 11.0. The van der Waals surface area contributed by atoms with Gasteiger partial charge in [0.15, 0.2) is 11.5 Å². The summed E-state index contributed by atoms with van der Waals surface area (Å²) in [6.07, 6.45) is 0. The van der Waals surface area contributed by atoms with E-state index >= 15 is 0 Å². The second kappa shape index (κ2) is 4.44. The Labute approximate surface area is 113 Å². The molecule has 0 bridgehead atoms. The van der Waals surface area contributed by atoms with E-state index in [0.717, 1.165) is 15.2 Å². The van der Waals surface area contributed by atoms with Gasteiger partial charge in [-0.05, 0) is 24.3 Å². The summed E-state index contributed by atoms with van der Waals surface area (Å²) in [5, 5.41) is 20.1. The third-order valence-electron chi connectivity index (χ3n) is 2.82. The summed E-state index contributed by atoms with van der Waals surface area (Å²) >= 11 is 1.52. The molecule has 1 aromatic heterocycles. The number of para-hydroxylation sites is 1. The van der Waals surface area contributed by atoms with Gasteiger partial charge in [-0.1, -0.05) is 12.1 Å². The number of hydrogen-bond donors (Lipinski definition) is 2. The van der Waals surface area contributed by atoms with Crippen LogP contribution in [0.1, 0.15) is 0 Å². The maximum absolute atomic E-state index is 9.70. The Hall–Kier alpha value is -2.27. The van der Waals surface area contributed by atoms with E-state index in [-0.39, 0.29) is 17.2 Å². The van der Waals surface area contributed by atoms with Crippen molar-refractivity contribution in [3.05, 3.63) is 36.4 Å². The van der Waals surface area contributed by atoms with E-state index in [0.29, 0.717) is 5.56 Å². The number of nitrogens with zero attached hydrogens (tertiary/aromatic N) is 1. The molecule has 0 atom stereocenters. The standard InChI is InChI=1S/C14H11NO3S/c1-18-11-7-8(6-10(16)13(11)17)14-15-9-4-2-3-5-12(9)19-14/h2-7,16-17H,1H3. The van der Waals surface area contributed by atoms with Gasteiger partial charge >= 0.3 is 0 Å². The van der Waals surface area contributed by atoms with Crippen LogP contribution < -0.4 is 4.74 Å². The fraction of sp³-hybridized carbons (Fsp3) is 0.0714. The van der Waals surface area contributed by atoms with Crippen LogP contribution in [0.15, 0.2) is 36.4 Å². The van der Waals surface area contributed by atoms with E-state index in [4.69, 9.17) is 4.74 Å². The van der Waals surface area contributed by atoms with E-state index in [1.165, 1.54) is 24.5 Å². The molecule has 2 N–H and O–H groups in total. The number of benzene rings is 2. The first-order valence-corrected chi connectivity index (χ1v) is 6.46. The normalized spacial score (nSPS) is 10.8. The van der Waals surface area contributed by atoms with Gasteiger partial charge in [0.25, 0.3) is 0 Å². The monoisotopic (exact) mass is 273 g/mol. The molecule has 0 aliphatic carbocycles. The summed E-state index contributed by atoms with van der Waals surface area (Å²) in [7, 11) is 1.44. The third kappa shape index (κ3) is 1.98. The fourth-order valence-corrected chi connectivity index (χ4v) is 2.82. The Morgan fingerprint density at radius 1 is 1.16 bits per heavy atom. The summed E-state index contributed by atoms with van der Waals surface area (Å²) in [4.78, 5) is 4.50. The zero-order valence-electron chi connectivity index (χ0n) is 10.1. The first-order chi connectivity index (χ1) is 9.19. The third-order valence-corrected chi connectivity index (χ3v) is 3.90. The number of phenolic OH excluding ortho intramolecular Hbond substituents is 2. The Kier molecular flexibility index (Phi) is 2.76. The molecule has 0 saturated heterocycles. The van der Waals surface area contributed by atoms with Gasteiger partial charge in [-0.25, -0.2) is 4.98 Å². The van der Waals surface area contributed by atoms with Crippen molar-refractivity contribution in [2.75, 3.05) is 7.11 Å². The van der Waals surface area contributed by atoms with Crippen molar-refractivity contribution >= 4 is 21.6 Å². The van der Waals surface area contributed by atoms with E-state index < -0.39 is 0 Å². The molecule has 0 aliphatic rings. The predicted molar refractivity (Wildman–Crippen MR) is 74.9 cm³/mol. The fourth-order valence-electron chi connectivity index (χ4n) is 1.87. The lowest BCUT2D eigenvalue weighted by Gasteiger charge is -2.06. The van der Waals surface area contributed by atoms with Crippen LogP contribution in [0.2, 0.25) is 0 Å². The molecule has 0 unspecified atom stereocenters. The molecule has 0 fully saturated rings. The van der Waals surface area contributed by atoms with Crippen LogP contribution in [-0.2, 0) is 0 Å². The van der Waals surface area contributed by atoms with Gasteiger partial charge in [0.1, 0.15) is 5.01 Å². The molecule has 0 aliphatic heterocycles. The molecule has 2 aromatic carbocycles. The summed E-state index contributed by atoms with van der Waals surface area (Å²) < 4.78 is 6.10. The van der Waals surface area contributed by atoms with E-state index in [1.54, 1.807) is 6.07 Å². The number of phenols is 2. The van der Waals surface area contributed by atoms with E-state index in [2.05, 4.69) is 4.98 Å². The zero-order chi connectivity index (χ0) is 13.4. The Bertz CT molecular complexity index is 719. The van der Waals surface area contributed by atoms with Gasteiger partial charge in [0.05, 0.1) is 17.3 Å². The van der Waals surface area contributed by atoms with Crippen LogP contribution in [0.5, 0.6) is 17.2 Å². The highest BCUT2D eigenvalue weighted by atomic mass is 32.1. The number of rotatable bonds is 2. The average molecular weight is 273 g/mol. The number of fused-ring (bicyclic) bond motifs is 1. The number of methoxy groups -OCH3 is 1. The summed E-state index contributed by atoms with van der Waals surface area (Å²) in [5.41, 5.74) is 1.63. The van der Waals surface area contributed by atoms with Crippen LogP contribution in [0.25, 0.3) is 20.8 Å². The van der Waals surface area contributed by atoms with Crippen molar-refractivity contribution in [3.63, 3.8) is 0 Å². The number of thiazole rings is 1. The number of aromatic hydroxyl groups is 2. The van der Waals surface area contributed by atoms with Crippen LogP contribution in [-0.4, -0.2) is 22.3 Å². The maximum atomic E-state index is 9.70. The van der Waals surface area contributed by atoms with Crippen LogP contribution in [0.4, 0.5) is 0 Å². The van der Waals surface area contributed by atoms with Crippen molar-refractivity contribution in [2.45, 2.75) is 0 Å². The minimum absolute atomic E-state index is 0.214. The van der Waals surface area contributed by atoms with Crippen molar-refractivity contribution in [1.82, 2.24) is 4.98 Å². The second-order valence-electron chi connectivity index (χ2n) is 4.03. The number of ether oxygens (including phenoxy) is 1. The largest absolute Gasteiger partial charge is 0.504 e. The van der Waals surface area contributed by atoms with Crippen molar-refractivity contribution < 1.29 is 14.9 Å². The average Bonchev–Trinajstić information content (AvgIpc) is 2.85. The molecule has 5 heteroatoms. The Morgan fingerprint density at radius 2 is 1.95 bits per heavy atom. The van der Waals surface area contributed by atoms with Crippen molar-refractivity contribution in [3.8, 4) is 27.8 Å². The quantitative estimate of drug-likeness (QED) is 0.703. The highest BCUT2D eigenvalue weighted by molar-refractivity contribution is 7.21. The van der Waals surface area contributed by atoms with E-state index in [1.807, 2.05) is 24.3 Å². The lowest BCUT2D eigenvalue weighted by molar-refractivity contribution is 0.351. The molecular weight excluding hydrogens is 262 g/mol. The second-order valence-corrected chi connectivity index (χ2v) is 5.06. The maximum Gasteiger partial charge on any atom is 0.200 e. The molecule has 0 radical (unpaired) electrons. The molecule has 0 spiro atoms. The minimum atomic E-state index is -0.257. The van der Waals surface area contributed by atoms with Crippen molar-refractivity contribution in [1.29, 1.82) is 0 Å². The van der Waals surface area contributed by atoms with Crippen LogP contribution in [0.3, 0.4) is 0 Å². The molecule has 3 rings (SSSR count). The van der Waals surface area contributed by atoms with Crippen molar-refractivity contribution in [2.24, 2.45) is 0 Å². The van der Waals surface area contributed by atoms with Crippen LogP contribution >= 0.6 is 11.3 Å². The smallest absolute Gasteiger partial charge is 0.200 e.